The van der Waals surface area contributed by atoms with Crippen LogP contribution in [0.25, 0.3) is 11.0 Å². The average molecular weight is 442 g/mol. The summed E-state index contributed by atoms with van der Waals surface area (Å²) in [5.41, 5.74) is 3.09. The zero-order valence-electron chi connectivity index (χ0n) is 19.3. The van der Waals surface area contributed by atoms with Gasteiger partial charge in [-0.2, -0.15) is 0 Å². The minimum atomic E-state index is -0.613. The monoisotopic (exact) mass is 441 g/mol. The first kappa shape index (κ1) is 23.4. The van der Waals surface area contributed by atoms with Crippen LogP contribution in [0.3, 0.4) is 0 Å². The molecule has 0 saturated carbocycles. The summed E-state index contributed by atoms with van der Waals surface area (Å²) in [6, 6.07) is 5.29. The van der Waals surface area contributed by atoms with Crippen molar-refractivity contribution in [3.05, 3.63) is 35.2 Å². The highest BCUT2D eigenvalue weighted by Crippen LogP contribution is 2.16. The second-order valence-corrected chi connectivity index (χ2v) is 9.08. The van der Waals surface area contributed by atoms with Crippen LogP contribution in [0.15, 0.2) is 18.2 Å². The zero-order valence-corrected chi connectivity index (χ0v) is 19.3. The first-order chi connectivity index (χ1) is 15.0. The number of fused-ring (bicyclic) bond motifs is 1. The van der Waals surface area contributed by atoms with Gasteiger partial charge in [0.1, 0.15) is 12.1 Å². The number of rotatable bonds is 4. The molecular formula is C23H31N5O4. The van der Waals surface area contributed by atoms with Crippen LogP contribution in [0.4, 0.5) is 4.79 Å². The number of hydrogen-bond acceptors (Lipinski definition) is 6. The van der Waals surface area contributed by atoms with Gasteiger partial charge in [-0.15, -0.1) is 0 Å². The molecule has 0 radical (unpaired) electrons. The summed E-state index contributed by atoms with van der Waals surface area (Å²) >= 11 is 0. The molecule has 1 aliphatic rings. The van der Waals surface area contributed by atoms with Gasteiger partial charge in [0.05, 0.1) is 22.4 Å². The largest absolute Gasteiger partial charge is 0.444 e. The molecular weight excluding hydrogens is 410 g/mol. The predicted octanol–water partition coefficient (Wildman–Crippen LogP) is 2.49. The van der Waals surface area contributed by atoms with Gasteiger partial charge in [0.15, 0.2) is 0 Å². The summed E-state index contributed by atoms with van der Waals surface area (Å²) < 4.78 is 5.14. The van der Waals surface area contributed by atoms with Crippen molar-refractivity contribution in [1.29, 1.82) is 0 Å². The third kappa shape index (κ3) is 6.15. The summed E-state index contributed by atoms with van der Waals surface area (Å²) in [6.07, 6.45) is 0.684. The number of hydrogen-bond donors (Lipinski definition) is 2. The lowest BCUT2D eigenvalue weighted by molar-refractivity contribution is -0.131. The van der Waals surface area contributed by atoms with Gasteiger partial charge in [-0.3, -0.25) is 9.59 Å². The number of aryl methyl sites for hydroxylation is 2. The third-order valence-electron chi connectivity index (χ3n) is 5.30. The number of ether oxygens (including phenoxy) is 1. The van der Waals surface area contributed by atoms with Crippen LogP contribution < -0.4 is 10.6 Å². The molecule has 0 bridgehead atoms. The van der Waals surface area contributed by atoms with Gasteiger partial charge >= 0.3 is 6.09 Å². The Morgan fingerprint density at radius 2 is 1.69 bits per heavy atom. The number of likely N-dealkylation sites (tertiary alicyclic amines) is 1. The van der Waals surface area contributed by atoms with E-state index in [1.807, 2.05) is 19.9 Å². The molecule has 172 valence electrons. The summed E-state index contributed by atoms with van der Waals surface area (Å²) in [4.78, 5) is 47.5. The molecule has 1 aromatic carbocycles. The van der Waals surface area contributed by atoms with Crippen LogP contribution in [-0.4, -0.2) is 64.1 Å². The van der Waals surface area contributed by atoms with E-state index in [1.165, 1.54) is 0 Å². The molecule has 2 N–H and O–H groups in total. The number of nitrogens with zero attached hydrogens (tertiary/aromatic N) is 3. The Bertz CT molecular complexity index is 1020. The van der Waals surface area contributed by atoms with Crippen molar-refractivity contribution < 1.29 is 19.1 Å². The Morgan fingerprint density at radius 3 is 2.31 bits per heavy atom. The first-order valence-corrected chi connectivity index (χ1v) is 10.8. The molecule has 3 rings (SSSR count). The Hall–Kier alpha value is -3.23. The average Bonchev–Trinajstić information content (AvgIpc) is 2.72. The highest BCUT2D eigenvalue weighted by molar-refractivity contribution is 5.97. The maximum absolute atomic E-state index is 12.7. The second-order valence-electron chi connectivity index (χ2n) is 9.08. The van der Waals surface area contributed by atoms with Gasteiger partial charge in [-0.05, 0) is 65.7 Å². The second kappa shape index (κ2) is 9.50. The van der Waals surface area contributed by atoms with E-state index in [9.17, 15) is 14.4 Å². The number of alkyl carbamates (subject to hydrolysis) is 1. The van der Waals surface area contributed by atoms with Gasteiger partial charge in [0.25, 0.3) is 5.91 Å². The molecule has 0 atom stereocenters. The number of aromatic nitrogens is 2. The van der Waals surface area contributed by atoms with Crippen molar-refractivity contribution in [2.24, 2.45) is 0 Å². The highest BCUT2D eigenvalue weighted by atomic mass is 16.6. The molecule has 2 aromatic rings. The van der Waals surface area contributed by atoms with Crippen molar-refractivity contribution in [3.8, 4) is 0 Å². The topological polar surface area (TPSA) is 114 Å². The Kier molecular flexibility index (Phi) is 6.96. The van der Waals surface area contributed by atoms with Crippen molar-refractivity contribution in [2.45, 2.75) is 59.1 Å². The molecule has 1 aromatic heterocycles. The molecule has 32 heavy (non-hydrogen) atoms. The molecule has 1 fully saturated rings. The Balaban J connectivity index is 1.49. The standard InChI is InChI=1S/C23H31N5O4/c1-14-15(2)26-19-12-16(6-7-18(19)25-14)21(30)27-17-8-10-28(11-9-17)20(29)13-24-22(31)32-23(3,4)5/h6-7,12,17H,8-11,13H2,1-5H3,(H,24,31)(H,27,30). The van der Waals surface area contributed by atoms with Crippen molar-refractivity contribution >= 4 is 28.9 Å². The fourth-order valence-electron chi connectivity index (χ4n) is 3.49. The van der Waals surface area contributed by atoms with Crippen molar-refractivity contribution in [1.82, 2.24) is 25.5 Å². The van der Waals surface area contributed by atoms with Gasteiger partial charge in [0, 0.05) is 24.7 Å². The van der Waals surface area contributed by atoms with E-state index in [-0.39, 0.29) is 24.4 Å². The summed E-state index contributed by atoms with van der Waals surface area (Å²) in [5.74, 6) is -0.331. The molecule has 3 amide bonds. The highest BCUT2D eigenvalue weighted by Gasteiger charge is 2.25. The van der Waals surface area contributed by atoms with Crippen molar-refractivity contribution in [3.63, 3.8) is 0 Å². The number of nitrogens with one attached hydrogen (secondary N) is 2. The Morgan fingerprint density at radius 1 is 1.06 bits per heavy atom. The van der Waals surface area contributed by atoms with E-state index >= 15 is 0 Å². The molecule has 9 nitrogen and oxygen atoms in total. The maximum Gasteiger partial charge on any atom is 0.408 e. The van der Waals surface area contributed by atoms with Crippen LogP contribution in [-0.2, 0) is 9.53 Å². The molecule has 2 heterocycles. The number of benzene rings is 1. The van der Waals surface area contributed by atoms with E-state index in [1.54, 1.807) is 37.8 Å². The summed E-state index contributed by atoms with van der Waals surface area (Å²) in [6.45, 7) is 10.0. The van der Waals surface area contributed by atoms with E-state index in [0.29, 0.717) is 37.0 Å². The molecule has 1 aliphatic heterocycles. The number of piperidine rings is 1. The number of amides is 3. The zero-order chi connectivity index (χ0) is 23.5. The van der Waals surface area contributed by atoms with Gasteiger partial charge < -0.3 is 20.3 Å². The SMILES string of the molecule is Cc1nc2ccc(C(=O)NC3CCN(C(=O)CNC(=O)OC(C)(C)C)CC3)cc2nc1C. The summed E-state index contributed by atoms with van der Waals surface area (Å²) in [5, 5.41) is 5.54. The molecule has 0 spiro atoms. The van der Waals surface area contributed by atoms with Crippen LogP contribution in [0.1, 0.15) is 55.4 Å². The first-order valence-electron chi connectivity index (χ1n) is 10.8. The van der Waals surface area contributed by atoms with Crippen LogP contribution in [0, 0.1) is 13.8 Å². The lowest BCUT2D eigenvalue weighted by Gasteiger charge is -2.32. The molecule has 0 unspecified atom stereocenters. The lowest BCUT2D eigenvalue weighted by atomic mass is 10.0. The van der Waals surface area contributed by atoms with Crippen LogP contribution >= 0.6 is 0 Å². The van der Waals surface area contributed by atoms with E-state index in [0.717, 1.165) is 16.9 Å². The molecule has 0 aliphatic carbocycles. The van der Waals surface area contributed by atoms with E-state index in [2.05, 4.69) is 20.6 Å². The minimum absolute atomic E-state index is 0.0214. The normalized spacial score (nSPS) is 14.8. The number of carbonyl (C=O) groups is 3. The fourth-order valence-corrected chi connectivity index (χ4v) is 3.49. The van der Waals surface area contributed by atoms with Crippen LogP contribution in [0.5, 0.6) is 0 Å². The van der Waals surface area contributed by atoms with Gasteiger partial charge in [0.2, 0.25) is 5.91 Å². The Labute approximate surface area is 187 Å². The van der Waals surface area contributed by atoms with Gasteiger partial charge in [-0.1, -0.05) is 0 Å². The van der Waals surface area contributed by atoms with Crippen LogP contribution in [0.2, 0.25) is 0 Å². The van der Waals surface area contributed by atoms with Crippen molar-refractivity contribution in [2.75, 3.05) is 19.6 Å². The lowest BCUT2D eigenvalue weighted by Crippen LogP contribution is -2.49. The maximum atomic E-state index is 12.7. The van der Waals surface area contributed by atoms with Gasteiger partial charge in [-0.25, -0.2) is 14.8 Å². The predicted molar refractivity (Wildman–Crippen MR) is 120 cm³/mol. The quantitative estimate of drug-likeness (QED) is 0.754. The third-order valence-corrected chi connectivity index (χ3v) is 5.30. The smallest absolute Gasteiger partial charge is 0.408 e. The molecule has 1 saturated heterocycles. The van der Waals surface area contributed by atoms with E-state index in [4.69, 9.17) is 4.74 Å². The minimum Gasteiger partial charge on any atom is -0.444 e. The fraction of sp³-hybridized carbons (Fsp3) is 0.522. The van der Waals surface area contributed by atoms with E-state index < -0.39 is 11.7 Å². The molecule has 9 heteroatoms. The summed E-state index contributed by atoms with van der Waals surface area (Å²) in [7, 11) is 0. The number of carbonyl (C=O) groups excluding carboxylic acids is 3.